The van der Waals surface area contributed by atoms with Crippen LogP contribution in [0.5, 0.6) is 0 Å². The lowest BCUT2D eigenvalue weighted by Gasteiger charge is -2.25. The topological polar surface area (TPSA) is 9.23 Å². The average molecular weight is 252 g/mol. The quantitative estimate of drug-likeness (QED) is 0.617. The van der Waals surface area contributed by atoms with Gasteiger partial charge in [0.1, 0.15) is 0 Å². The summed E-state index contributed by atoms with van der Waals surface area (Å²) in [4.78, 5) is 1.35. The van der Waals surface area contributed by atoms with E-state index in [0.29, 0.717) is 11.4 Å². The zero-order valence-electron chi connectivity index (χ0n) is 11.2. The molecule has 0 aromatic heterocycles. The van der Waals surface area contributed by atoms with Crippen molar-refractivity contribution in [3.63, 3.8) is 0 Å². The van der Waals surface area contributed by atoms with E-state index in [9.17, 15) is 0 Å². The van der Waals surface area contributed by atoms with E-state index in [4.69, 9.17) is 4.74 Å². The van der Waals surface area contributed by atoms with Gasteiger partial charge < -0.3 is 4.74 Å². The molecule has 1 nitrogen and oxygen atoms in total. The van der Waals surface area contributed by atoms with Gasteiger partial charge in [0.15, 0.2) is 0 Å². The Kier molecular flexibility index (Phi) is 7.38. The summed E-state index contributed by atoms with van der Waals surface area (Å²) in [5.74, 6) is 0. The van der Waals surface area contributed by atoms with Crippen LogP contribution in [-0.2, 0) is 4.74 Å². The second kappa shape index (κ2) is 8.60. The molecule has 1 aromatic carbocycles. The van der Waals surface area contributed by atoms with Crippen molar-refractivity contribution in [2.24, 2.45) is 0 Å². The molecule has 0 saturated carbocycles. The van der Waals surface area contributed by atoms with Gasteiger partial charge in [-0.1, -0.05) is 44.9 Å². The molecule has 0 fully saturated rings. The van der Waals surface area contributed by atoms with Crippen molar-refractivity contribution in [2.75, 3.05) is 7.11 Å². The molecular weight excluding hydrogens is 228 g/mol. The second-order valence-corrected chi connectivity index (χ2v) is 5.63. The van der Waals surface area contributed by atoms with Gasteiger partial charge in [0.25, 0.3) is 0 Å². The highest BCUT2D eigenvalue weighted by atomic mass is 32.2. The number of ether oxygens (including phenoxy) is 1. The Hall–Kier alpha value is -0.470. The van der Waals surface area contributed by atoms with Crippen LogP contribution in [0.1, 0.15) is 39.5 Å². The molecule has 0 spiro atoms. The minimum Gasteiger partial charge on any atom is -0.380 e. The summed E-state index contributed by atoms with van der Waals surface area (Å²) in [6.07, 6.45) is 5.16. The highest BCUT2D eigenvalue weighted by Crippen LogP contribution is 2.31. The van der Waals surface area contributed by atoms with Gasteiger partial charge in [-0.3, -0.25) is 0 Å². The van der Waals surface area contributed by atoms with Crippen molar-refractivity contribution >= 4 is 11.8 Å². The van der Waals surface area contributed by atoms with Gasteiger partial charge >= 0.3 is 0 Å². The predicted octanol–water partition coefficient (Wildman–Crippen LogP) is 4.76. The molecule has 0 aliphatic carbocycles. The van der Waals surface area contributed by atoms with Gasteiger partial charge in [0, 0.05) is 17.3 Å². The summed E-state index contributed by atoms with van der Waals surface area (Å²) in [5, 5.41) is 0.576. The fraction of sp³-hybridized carbons (Fsp3) is 0.600. The van der Waals surface area contributed by atoms with Crippen LogP contribution < -0.4 is 0 Å². The van der Waals surface area contributed by atoms with E-state index in [-0.39, 0.29) is 0 Å². The normalized spacial score (nSPS) is 14.5. The SMILES string of the molecule is CCC[C@H](Sc1ccccc1)[C@@H](CCC)OC. The van der Waals surface area contributed by atoms with Crippen LogP contribution >= 0.6 is 11.8 Å². The van der Waals surface area contributed by atoms with Gasteiger partial charge in [0.2, 0.25) is 0 Å². The van der Waals surface area contributed by atoms with E-state index >= 15 is 0 Å². The van der Waals surface area contributed by atoms with Crippen molar-refractivity contribution in [3.05, 3.63) is 30.3 Å². The highest BCUT2D eigenvalue weighted by Gasteiger charge is 2.20. The summed E-state index contributed by atoms with van der Waals surface area (Å²) >= 11 is 1.96. The Morgan fingerprint density at radius 3 is 2.24 bits per heavy atom. The Balaban J connectivity index is 2.64. The van der Waals surface area contributed by atoms with Crippen LogP contribution in [0, 0.1) is 0 Å². The van der Waals surface area contributed by atoms with Crippen LogP contribution in [0.15, 0.2) is 35.2 Å². The average Bonchev–Trinajstić information content (AvgIpc) is 2.37. The lowest BCUT2D eigenvalue weighted by Crippen LogP contribution is -2.25. The fourth-order valence-corrected chi connectivity index (χ4v) is 3.44. The van der Waals surface area contributed by atoms with E-state index in [1.165, 1.54) is 24.2 Å². The van der Waals surface area contributed by atoms with Crippen LogP contribution in [0.2, 0.25) is 0 Å². The van der Waals surface area contributed by atoms with E-state index in [2.05, 4.69) is 44.2 Å². The van der Waals surface area contributed by atoms with Gasteiger partial charge in [0.05, 0.1) is 6.10 Å². The van der Waals surface area contributed by atoms with Gasteiger partial charge in [-0.15, -0.1) is 11.8 Å². The second-order valence-electron chi connectivity index (χ2n) is 4.32. The maximum absolute atomic E-state index is 5.66. The Morgan fingerprint density at radius 2 is 1.71 bits per heavy atom. The molecule has 2 heteroatoms. The van der Waals surface area contributed by atoms with Crippen molar-refractivity contribution in [1.29, 1.82) is 0 Å². The first kappa shape index (κ1) is 14.6. The maximum atomic E-state index is 5.66. The van der Waals surface area contributed by atoms with E-state index in [0.717, 1.165) is 6.42 Å². The first-order valence-electron chi connectivity index (χ1n) is 6.56. The molecule has 0 amide bonds. The molecule has 96 valence electrons. The number of thioether (sulfide) groups is 1. The number of methoxy groups -OCH3 is 1. The highest BCUT2D eigenvalue weighted by molar-refractivity contribution is 8.00. The zero-order chi connectivity index (χ0) is 12.5. The van der Waals surface area contributed by atoms with Gasteiger partial charge in [-0.2, -0.15) is 0 Å². The van der Waals surface area contributed by atoms with E-state index in [1.807, 2.05) is 18.9 Å². The van der Waals surface area contributed by atoms with Crippen LogP contribution in [-0.4, -0.2) is 18.5 Å². The van der Waals surface area contributed by atoms with Crippen LogP contribution in [0.4, 0.5) is 0 Å². The monoisotopic (exact) mass is 252 g/mol. The van der Waals surface area contributed by atoms with E-state index in [1.54, 1.807) is 0 Å². The third-order valence-electron chi connectivity index (χ3n) is 2.89. The summed E-state index contributed by atoms with van der Waals surface area (Å²) in [6.45, 7) is 4.47. The largest absolute Gasteiger partial charge is 0.380 e. The van der Waals surface area contributed by atoms with Crippen molar-refractivity contribution < 1.29 is 4.74 Å². The molecule has 0 N–H and O–H groups in total. The van der Waals surface area contributed by atoms with Crippen LogP contribution in [0.3, 0.4) is 0 Å². The summed E-state index contributed by atoms with van der Waals surface area (Å²) in [5.41, 5.74) is 0. The summed E-state index contributed by atoms with van der Waals surface area (Å²) < 4.78 is 5.66. The summed E-state index contributed by atoms with van der Waals surface area (Å²) in [7, 11) is 1.84. The number of rotatable bonds is 8. The zero-order valence-corrected chi connectivity index (χ0v) is 12.0. The molecule has 2 atom stereocenters. The molecule has 17 heavy (non-hydrogen) atoms. The first-order valence-corrected chi connectivity index (χ1v) is 7.44. The molecule has 0 aliphatic heterocycles. The van der Waals surface area contributed by atoms with Gasteiger partial charge in [-0.25, -0.2) is 0 Å². The van der Waals surface area contributed by atoms with Crippen molar-refractivity contribution in [3.8, 4) is 0 Å². The predicted molar refractivity (Wildman–Crippen MR) is 76.7 cm³/mol. The minimum atomic E-state index is 0.380. The van der Waals surface area contributed by atoms with Crippen LogP contribution in [0.25, 0.3) is 0 Å². The molecule has 0 heterocycles. The summed E-state index contributed by atoms with van der Waals surface area (Å²) in [6, 6.07) is 10.6. The first-order chi connectivity index (χ1) is 8.31. The Labute approximate surface area is 110 Å². The third-order valence-corrected chi connectivity index (χ3v) is 4.28. The fourth-order valence-electron chi connectivity index (χ4n) is 2.02. The number of hydrogen-bond acceptors (Lipinski definition) is 2. The van der Waals surface area contributed by atoms with E-state index < -0.39 is 0 Å². The molecule has 0 radical (unpaired) electrons. The Bertz CT molecular complexity index is 286. The van der Waals surface area contributed by atoms with Crippen molar-refractivity contribution in [2.45, 2.75) is 55.8 Å². The Morgan fingerprint density at radius 1 is 1.06 bits per heavy atom. The lowest BCUT2D eigenvalue weighted by atomic mass is 10.1. The number of hydrogen-bond donors (Lipinski definition) is 0. The number of benzene rings is 1. The molecule has 0 aliphatic rings. The molecular formula is C15H24OS. The standard InChI is InChI=1S/C15H24OS/c1-4-9-14(16-3)15(10-5-2)17-13-11-7-6-8-12-13/h6-8,11-12,14-15H,4-5,9-10H2,1-3H3/t14-,15+/m1/s1. The minimum absolute atomic E-state index is 0.380. The molecule has 0 saturated heterocycles. The molecule has 1 aromatic rings. The maximum Gasteiger partial charge on any atom is 0.0693 e. The van der Waals surface area contributed by atoms with Gasteiger partial charge in [-0.05, 0) is 25.0 Å². The third kappa shape index (κ3) is 5.13. The molecule has 0 unspecified atom stereocenters. The molecule has 0 bridgehead atoms. The lowest BCUT2D eigenvalue weighted by molar-refractivity contribution is 0.0903. The smallest absolute Gasteiger partial charge is 0.0693 e. The van der Waals surface area contributed by atoms with Crippen molar-refractivity contribution in [1.82, 2.24) is 0 Å². The molecule has 1 rings (SSSR count).